The van der Waals surface area contributed by atoms with E-state index in [2.05, 4.69) is 11.9 Å². The van der Waals surface area contributed by atoms with Gasteiger partial charge in [0.1, 0.15) is 0 Å². The van der Waals surface area contributed by atoms with Crippen molar-refractivity contribution in [2.75, 3.05) is 26.4 Å². The maximum absolute atomic E-state index is 11.2. The first kappa shape index (κ1) is 12.2. The van der Waals surface area contributed by atoms with Crippen LogP contribution in [0, 0.1) is 0 Å². The lowest BCUT2D eigenvalue weighted by atomic mass is 10.1. The van der Waals surface area contributed by atoms with E-state index in [0.717, 1.165) is 26.1 Å². The van der Waals surface area contributed by atoms with Crippen molar-refractivity contribution < 1.29 is 14.3 Å². The minimum Gasteiger partial charge on any atom is -0.463 e. The first-order valence-corrected chi connectivity index (χ1v) is 5.40. The van der Waals surface area contributed by atoms with Crippen molar-refractivity contribution >= 4 is 5.97 Å². The van der Waals surface area contributed by atoms with Gasteiger partial charge in [0.05, 0.1) is 13.2 Å². The van der Waals surface area contributed by atoms with E-state index in [0.29, 0.717) is 24.8 Å². The molecule has 0 aromatic carbocycles. The summed E-state index contributed by atoms with van der Waals surface area (Å²) in [5.74, 6) is -0.318. The molecule has 4 heteroatoms. The Morgan fingerprint density at radius 1 is 1.67 bits per heavy atom. The molecule has 0 aromatic heterocycles. The van der Waals surface area contributed by atoms with Crippen molar-refractivity contribution in [1.29, 1.82) is 0 Å². The molecule has 0 spiro atoms. The van der Waals surface area contributed by atoms with Crippen LogP contribution in [0.1, 0.15) is 19.8 Å². The summed E-state index contributed by atoms with van der Waals surface area (Å²) >= 11 is 0. The van der Waals surface area contributed by atoms with Gasteiger partial charge in [-0.3, -0.25) is 0 Å². The highest BCUT2D eigenvalue weighted by molar-refractivity contribution is 5.88. The number of carbonyl (C=O) groups excluding carboxylic acids is 1. The van der Waals surface area contributed by atoms with Crippen molar-refractivity contribution in [3.8, 4) is 0 Å². The predicted molar refractivity (Wildman–Crippen MR) is 57.6 cm³/mol. The van der Waals surface area contributed by atoms with Gasteiger partial charge in [0.2, 0.25) is 0 Å². The molecule has 1 fully saturated rings. The van der Waals surface area contributed by atoms with Crippen LogP contribution in [-0.4, -0.2) is 38.4 Å². The molecule has 0 radical (unpaired) electrons. The molecular formula is C11H19NO3. The fraction of sp³-hybridized carbons (Fsp3) is 0.727. The predicted octanol–water partition coefficient (Wildman–Crippen LogP) is 0.874. The molecule has 1 saturated heterocycles. The average Bonchev–Trinajstić information content (AvgIpc) is 2.27. The smallest absolute Gasteiger partial charge is 0.334 e. The van der Waals surface area contributed by atoms with Crippen LogP contribution in [0.3, 0.4) is 0 Å². The van der Waals surface area contributed by atoms with Gasteiger partial charge in [0.25, 0.3) is 0 Å². The zero-order valence-electron chi connectivity index (χ0n) is 9.25. The Balaban J connectivity index is 2.17. The largest absolute Gasteiger partial charge is 0.463 e. The van der Waals surface area contributed by atoms with Gasteiger partial charge < -0.3 is 14.8 Å². The summed E-state index contributed by atoms with van der Waals surface area (Å²) in [6.07, 6.45) is 2.17. The Morgan fingerprint density at radius 3 is 3.07 bits per heavy atom. The molecular weight excluding hydrogens is 194 g/mol. The highest BCUT2D eigenvalue weighted by atomic mass is 16.5. The second-order valence-electron chi connectivity index (χ2n) is 3.62. The van der Waals surface area contributed by atoms with Crippen molar-refractivity contribution in [2.45, 2.75) is 25.8 Å². The summed E-state index contributed by atoms with van der Waals surface area (Å²) in [6.45, 7) is 7.90. The lowest BCUT2D eigenvalue weighted by Gasteiger charge is -2.23. The van der Waals surface area contributed by atoms with E-state index in [-0.39, 0.29) is 5.97 Å². The lowest BCUT2D eigenvalue weighted by Crippen LogP contribution is -2.38. The zero-order valence-corrected chi connectivity index (χ0v) is 9.25. The first-order chi connectivity index (χ1) is 7.24. The van der Waals surface area contributed by atoms with Crippen molar-refractivity contribution in [3.63, 3.8) is 0 Å². The molecule has 1 atom stereocenters. The normalized spacial score (nSPS) is 21.0. The molecule has 1 rings (SSSR count). The maximum atomic E-state index is 11.2. The molecule has 0 aromatic rings. The molecule has 1 N–H and O–H groups in total. The molecule has 1 heterocycles. The van der Waals surface area contributed by atoms with Crippen LogP contribution in [0.15, 0.2) is 12.2 Å². The van der Waals surface area contributed by atoms with Gasteiger partial charge in [-0.25, -0.2) is 4.79 Å². The lowest BCUT2D eigenvalue weighted by molar-refractivity contribution is -0.138. The highest BCUT2D eigenvalue weighted by Crippen LogP contribution is 2.06. The van der Waals surface area contributed by atoms with Gasteiger partial charge in [-0.2, -0.15) is 0 Å². The van der Waals surface area contributed by atoms with Crippen LogP contribution in [0.5, 0.6) is 0 Å². The van der Waals surface area contributed by atoms with Crippen LogP contribution in [0.25, 0.3) is 0 Å². The van der Waals surface area contributed by atoms with Gasteiger partial charge in [0.15, 0.2) is 0 Å². The molecule has 1 aliphatic rings. The third kappa shape index (κ3) is 4.44. The second-order valence-corrected chi connectivity index (χ2v) is 3.62. The van der Waals surface area contributed by atoms with E-state index in [1.54, 1.807) is 6.92 Å². The summed E-state index contributed by atoms with van der Waals surface area (Å²) in [5, 5.41) is 3.24. The Morgan fingerprint density at radius 2 is 2.47 bits per heavy atom. The number of rotatable bonds is 5. The van der Waals surface area contributed by atoms with Crippen LogP contribution in [0.4, 0.5) is 0 Å². The average molecular weight is 213 g/mol. The van der Waals surface area contributed by atoms with E-state index in [9.17, 15) is 4.79 Å². The number of hydrogen-bond acceptors (Lipinski definition) is 4. The summed E-state index contributed by atoms with van der Waals surface area (Å²) in [5.41, 5.74) is 0.474. The fourth-order valence-electron chi connectivity index (χ4n) is 1.47. The van der Waals surface area contributed by atoms with Gasteiger partial charge >= 0.3 is 5.97 Å². The Labute approximate surface area is 90.6 Å². The molecule has 0 bridgehead atoms. The van der Waals surface area contributed by atoms with E-state index >= 15 is 0 Å². The van der Waals surface area contributed by atoms with Gasteiger partial charge in [-0.15, -0.1) is 0 Å². The quantitative estimate of drug-likeness (QED) is 0.544. The van der Waals surface area contributed by atoms with Gasteiger partial charge in [-0.05, 0) is 19.8 Å². The van der Waals surface area contributed by atoms with Crippen molar-refractivity contribution in [2.24, 2.45) is 0 Å². The molecule has 1 unspecified atom stereocenters. The van der Waals surface area contributed by atoms with Crippen molar-refractivity contribution in [3.05, 3.63) is 12.2 Å². The number of esters is 1. The Bertz CT molecular complexity index is 222. The van der Waals surface area contributed by atoms with Crippen molar-refractivity contribution in [1.82, 2.24) is 5.32 Å². The van der Waals surface area contributed by atoms with Gasteiger partial charge in [0, 0.05) is 24.8 Å². The Hall–Kier alpha value is -0.870. The number of nitrogens with one attached hydrogen (secondary N) is 1. The van der Waals surface area contributed by atoms with E-state index < -0.39 is 0 Å². The van der Waals surface area contributed by atoms with Crippen LogP contribution in [-0.2, 0) is 14.3 Å². The maximum Gasteiger partial charge on any atom is 0.334 e. The van der Waals surface area contributed by atoms with Gasteiger partial charge in [-0.1, -0.05) is 6.58 Å². The zero-order chi connectivity index (χ0) is 11.1. The van der Waals surface area contributed by atoms with Crippen LogP contribution < -0.4 is 5.32 Å². The molecule has 4 nitrogen and oxygen atoms in total. The monoisotopic (exact) mass is 213 g/mol. The minimum absolute atomic E-state index is 0.318. The summed E-state index contributed by atoms with van der Waals surface area (Å²) < 4.78 is 10.1. The number of hydrogen-bond donors (Lipinski definition) is 1. The van der Waals surface area contributed by atoms with E-state index in [4.69, 9.17) is 9.47 Å². The summed E-state index contributed by atoms with van der Waals surface area (Å²) in [7, 11) is 0. The molecule has 15 heavy (non-hydrogen) atoms. The number of carbonyl (C=O) groups is 1. The van der Waals surface area contributed by atoms with E-state index in [1.807, 2.05) is 0 Å². The molecule has 0 amide bonds. The van der Waals surface area contributed by atoms with E-state index in [1.165, 1.54) is 0 Å². The topological polar surface area (TPSA) is 47.6 Å². The minimum atomic E-state index is -0.318. The van der Waals surface area contributed by atoms with Crippen LogP contribution >= 0.6 is 0 Å². The standard InChI is InChI=1S/C11H19NO3/c1-3-15-11(13)9(2)7-12-10-5-4-6-14-8-10/h10,12H,2-8H2,1H3. The second kappa shape index (κ2) is 6.58. The SMILES string of the molecule is C=C(CNC1CCCOC1)C(=O)OCC. The fourth-order valence-corrected chi connectivity index (χ4v) is 1.47. The summed E-state index contributed by atoms with van der Waals surface area (Å²) in [4.78, 5) is 11.2. The third-order valence-electron chi connectivity index (χ3n) is 2.33. The first-order valence-electron chi connectivity index (χ1n) is 5.40. The third-order valence-corrected chi connectivity index (χ3v) is 2.33. The molecule has 86 valence electrons. The Kier molecular flexibility index (Phi) is 5.36. The van der Waals surface area contributed by atoms with Crippen LogP contribution in [0.2, 0.25) is 0 Å². The highest BCUT2D eigenvalue weighted by Gasteiger charge is 2.15. The summed E-state index contributed by atoms with van der Waals surface area (Å²) in [6, 6.07) is 0.338. The molecule has 0 saturated carbocycles. The number of ether oxygens (including phenoxy) is 2. The molecule has 1 aliphatic heterocycles. The molecule has 0 aliphatic carbocycles.